The second kappa shape index (κ2) is 4.31. The number of rotatable bonds is 1. The van der Waals surface area contributed by atoms with Gasteiger partial charge in [0.05, 0.1) is 0 Å². The van der Waals surface area contributed by atoms with Crippen LogP contribution in [0.15, 0.2) is 0 Å². The molecule has 1 aliphatic carbocycles. The van der Waals surface area contributed by atoms with Gasteiger partial charge >= 0.3 is 0 Å². The molecule has 3 heteroatoms. The van der Waals surface area contributed by atoms with Gasteiger partial charge in [0.2, 0.25) is 0 Å². The van der Waals surface area contributed by atoms with Crippen molar-refractivity contribution in [3.05, 3.63) is 0 Å². The van der Waals surface area contributed by atoms with Crippen molar-refractivity contribution >= 4 is 10.8 Å². The van der Waals surface area contributed by atoms with E-state index < -0.39 is 10.8 Å². The van der Waals surface area contributed by atoms with Gasteiger partial charge in [-0.3, -0.25) is 4.21 Å². The molecule has 0 spiro atoms. The zero-order chi connectivity index (χ0) is 10.1. The predicted octanol–water partition coefficient (Wildman–Crippen LogP) is 1.67. The van der Waals surface area contributed by atoms with E-state index in [0.717, 1.165) is 18.1 Å². The first kappa shape index (κ1) is 10.6. The largest absolute Gasteiger partial charge is 0.310 e. The van der Waals surface area contributed by atoms with E-state index in [1.54, 1.807) is 0 Å². The average molecular weight is 215 g/mol. The minimum absolute atomic E-state index is 0.352. The molecule has 2 rings (SSSR count). The third-order valence-electron chi connectivity index (χ3n) is 3.81. The summed E-state index contributed by atoms with van der Waals surface area (Å²) < 4.78 is 11.9. The van der Waals surface area contributed by atoms with Crippen LogP contribution >= 0.6 is 0 Å². The molecule has 1 heterocycles. The van der Waals surface area contributed by atoms with Crippen molar-refractivity contribution in [3.63, 3.8) is 0 Å². The van der Waals surface area contributed by atoms with Crippen LogP contribution in [0.4, 0.5) is 0 Å². The standard InChI is InChI=1S/C11H21NOS/c1-8-6-7-14(13)9(2)11(12-8)10-4-3-5-10/h8-12H,3-7H2,1-2H3. The SMILES string of the molecule is CC1CCS(=O)C(C)C(C2CCC2)N1. The van der Waals surface area contributed by atoms with Crippen molar-refractivity contribution in [1.29, 1.82) is 0 Å². The van der Waals surface area contributed by atoms with Crippen LogP contribution in [0, 0.1) is 5.92 Å². The van der Waals surface area contributed by atoms with Gasteiger partial charge in [0, 0.05) is 33.9 Å². The highest BCUT2D eigenvalue weighted by atomic mass is 32.2. The molecule has 4 atom stereocenters. The summed E-state index contributed by atoms with van der Waals surface area (Å²) in [6.07, 6.45) is 5.12. The molecule has 1 saturated heterocycles. The molecule has 0 aromatic carbocycles. The average Bonchev–Trinajstić information content (AvgIpc) is 2.17. The molecule has 4 unspecified atom stereocenters. The maximum atomic E-state index is 11.9. The highest BCUT2D eigenvalue weighted by Gasteiger charge is 2.36. The van der Waals surface area contributed by atoms with Gasteiger partial charge in [-0.15, -0.1) is 0 Å². The summed E-state index contributed by atoms with van der Waals surface area (Å²) in [6.45, 7) is 4.38. The number of nitrogens with one attached hydrogen (secondary N) is 1. The Morgan fingerprint density at radius 1 is 1.21 bits per heavy atom. The molecule has 2 fully saturated rings. The maximum absolute atomic E-state index is 11.9. The van der Waals surface area contributed by atoms with E-state index >= 15 is 0 Å². The van der Waals surface area contributed by atoms with Gasteiger partial charge in [-0.2, -0.15) is 0 Å². The van der Waals surface area contributed by atoms with Gasteiger partial charge in [-0.05, 0) is 39.0 Å². The van der Waals surface area contributed by atoms with Crippen molar-refractivity contribution in [2.45, 2.75) is 56.9 Å². The highest BCUT2D eigenvalue weighted by molar-refractivity contribution is 7.85. The van der Waals surface area contributed by atoms with E-state index in [-0.39, 0.29) is 0 Å². The third-order valence-corrected chi connectivity index (χ3v) is 5.57. The summed E-state index contributed by atoms with van der Waals surface area (Å²) in [6, 6.07) is 1.07. The second-order valence-electron chi connectivity index (χ2n) is 4.86. The molecule has 2 aliphatic rings. The van der Waals surface area contributed by atoms with Gasteiger partial charge < -0.3 is 5.32 Å². The van der Waals surface area contributed by atoms with Crippen LogP contribution in [0.1, 0.15) is 39.5 Å². The van der Waals surface area contributed by atoms with E-state index in [9.17, 15) is 4.21 Å². The second-order valence-corrected chi connectivity index (χ2v) is 6.78. The maximum Gasteiger partial charge on any atom is 0.0475 e. The van der Waals surface area contributed by atoms with Crippen molar-refractivity contribution in [1.82, 2.24) is 5.32 Å². The van der Waals surface area contributed by atoms with Gasteiger partial charge in [0.25, 0.3) is 0 Å². The summed E-state index contributed by atoms with van der Waals surface area (Å²) in [4.78, 5) is 0. The molecule has 14 heavy (non-hydrogen) atoms. The van der Waals surface area contributed by atoms with Crippen molar-refractivity contribution in [3.8, 4) is 0 Å². The molecule has 0 amide bonds. The molecular weight excluding hydrogens is 194 g/mol. The molecule has 0 radical (unpaired) electrons. The molecule has 2 nitrogen and oxygen atoms in total. The van der Waals surface area contributed by atoms with Crippen LogP contribution in [-0.4, -0.2) is 27.3 Å². The number of hydrogen-bond acceptors (Lipinski definition) is 2. The fourth-order valence-electron chi connectivity index (χ4n) is 2.51. The lowest BCUT2D eigenvalue weighted by Gasteiger charge is -2.37. The minimum Gasteiger partial charge on any atom is -0.310 e. The fraction of sp³-hybridized carbons (Fsp3) is 1.00. The van der Waals surface area contributed by atoms with Crippen molar-refractivity contribution in [2.75, 3.05) is 5.75 Å². The Kier molecular flexibility index (Phi) is 3.27. The summed E-state index contributed by atoms with van der Waals surface area (Å²) in [5.74, 6) is 1.69. The molecule has 0 aromatic heterocycles. The lowest BCUT2D eigenvalue weighted by atomic mass is 9.78. The van der Waals surface area contributed by atoms with Crippen LogP contribution in [0.3, 0.4) is 0 Å². The highest BCUT2D eigenvalue weighted by Crippen LogP contribution is 2.33. The molecule has 0 bridgehead atoms. The van der Waals surface area contributed by atoms with Crippen LogP contribution < -0.4 is 5.32 Å². The van der Waals surface area contributed by atoms with Gasteiger partial charge in [-0.25, -0.2) is 0 Å². The molecule has 1 aliphatic heterocycles. The van der Waals surface area contributed by atoms with E-state index in [1.807, 2.05) is 0 Å². The summed E-state index contributed by atoms with van der Waals surface area (Å²) in [5.41, 5.74) is 0. The first-order chi connectivity index (χ1) is 6.68. The first-order valence-electron chi connectivity index (χ1n) is 5.81. The quantitative estimate of drug-likeness (QED) is 0.721. The summed E-state index contributed by atoms with van der Waals surface area (Å²) in [7, 11) is -0.604. The molecule has 0 aromatic rings. The number of hydrogen-bond donors (Lipinski definition) is 1. The predicted molar refractivity (Wildman–Crippen MR) is 60.8 cm³/mol. The van der Waals surface area contributed by atoms with Crippen LogP contribution in [0.5, 0.6) is 0 Å². The minimum atomic E-state index is -0.604. The monoisotopic (exact) mass is 215 g/mol. The third kappa shape index (κ3) is 2.03. The smallest absolute Gasteiger partial charge is 0.0475 e. The summed E-state index contributed by atoms with van der Waals surface area (Å²) >= 11 is 0. The van der Waals surface area contributed by atoms with Crippen LogP contribution in [0.2, 0.25) is 0 Å². The van der Waals surface area contributed by atoms with E-state index in [4.69, 9.17) is 0 Å². The van der Waals surface area contributed by atoms with Crippen LogP contribution in [-0.2, 0) is 10.8 Å². The Bertz CT molecular complexity index is 227. The molecule has 1 N–H and O–H groups in total. The Morgan fingerprint density at radius 3 is 2.50 bits per heavy atom. The van der Waals surface area contributed by atoms with Crippen molar-refractivity contribution in [2.24, 2.45) is 5.92 Å². The molecule has 82 valence electrons. The Morgan fingerprint density at radius 2 is 1.93 bits per heavy atom. The van der Waals surface area contributed by atoms with Crippen molar-refractivity contribution < 1.29 is 4.21 Å². The van der Waals surface area contributed by atoms with E-state index in [2.05, 4.69) is 19.2 Å². The van der Waals surface area contributed by atoms with Crippen LogP contribution in [0.25, 0.3) is 0 Å². The van der Waals surface area contributed by atoms with Gasteiger partial charge in [0.15, 0.2) is 0 Å². The van der Waals surface area contributed by atoms with Gasteiger partial charge in [0.1, 0.15) is 0 Å². The van der Waals surface area contributed by atoms with E-state index in [1.165, 1.54) is 19.3 Å². The lowest BCUT2D eigenvalue weighted by molar-refractivity contribution is 0.217. The zero-order valence-electron chi connectivity index (χ0n) is 9.16. The lowest BCUT2D eigenvalue weighted by Crippen LogP contribution is -2.49. The summed E-state index contributed by atoms with van der Waals surface area (Å²) in [5, 5.41) is 4.02. The van der Waals surface area contributed by atoms with E-state index in [0.29, 0.717) is 17.3 Å². The zero-order valence-corrected chi connectivity index (χ0v) is 9.98. The Labute approximate surface area is 89.3 Å². The molecule has 1 saturated carbocycles. The molecular formula is C11H21NOS. The first-order valence-corrected chi connectivity index (χ1v) is 7.20. The Balaban J connectivity index is 2.06. The van der Waals surface area contributed by atoms with Gasteiger partial charge in [-0.1, -0.05) is 6.42 Å². The normalized spacial score (nSPS) is 45.6. The topological polar surface area (TPSA) is 29.1 Å². The Hall–Kier alpha value is 0.110. The fourth-order valence-corrected chi connectivity index (χ4v) is 4.09.